The Morgan fingerprint density at radius 1 is 1.15 bits per heavy atom. The van der Waals surface area contributed by atoms with Gasteiger partial charge >= 0.3 is 0 Å². The summed E-state index contributed by atoms with van der Waals surface area (Å²) in [6.45, 7) is 8.69. The minimum atomic E-state index is -0.0767. The summed E-state index contributed by atoms with van der Waals surface area (Å²) in [4.78, 5) is 4.82. The van der Waals surface area contributed by atoms with Gasteiger partial charge in [0.05, 0.1) is 5.69 Å². The van der Waals surface area contributed by atoms with E-state index in [9.17, 15) is 0 Å². The van der Waals surface area contributed by atoms with Crippen molar-refractivity contribution in [3.63, 3.8) is 0 Å². The average Bonchev–Trinajstić information content (AvgIpc) is 2.74. The number of aryl methyl sites for hydroxylation is 1. The van der Waals surface area contributed by atoms with E-state index in [4.69, 9.17) is 10.7 Å². The first kappa shape index (κ1) is 14.6. The molecule has 0 bridgehead atoms. The second-order valence-corrected chi connectivity index (χ2v) is 6.24. The zero-order valence-electron chi connectivity index (χ0n) is 13.0. The van der Waals surface area contributed by atoms with Crippen LogP contribution in [0.1, 0.15) is 46.2 Å². The predicted molar refractivity (Wildman–Crippen MR) is 85.7 cm³/mol. The summed E-state index contributed by atoms with van der Waals surface area (Å²) in [6, 6.07) is 10.3. The molecular formula is C17H25N3. The highest BCUT2D eigenvalue weighted by Gasteiger charge is 2.24. The molecule has 1 aromatic heterocycles. The quantitative estimate of drug-likeness (QED) is 0.904. The van der Waals surface area contributed by atoms with Gasteiger partial charge in [-0.05, 0) is 33.6 Å². The Balaban J connectivity index is 2.55. The van der Waals surface area contributed by atoms with E-state index in [0.717, 1.165) is 42.2 Å². The van der Waals surface area contributed by atoms with Gasteiger partial charge < -0.3 is 10.3 Å². The summed E-state index contributed by atoms with van der Waals surface area (Å²) >= 11 is 0. The van der Waals surface area contributed by atoms with Crippen molar-refractivity contribution in [2.75, 3.05) is 5.73 Å². The van der Waals surface area contributed by atoms with E-state index in [1.54, 1.807) is 0 Å². The molecule has 3 nitrogen and oxygen atoms in total. The molecule has 0 aliphatic rings. The number of unbranched alkanes of at least 4 members (excludes halogenated alkanes) is 1. The lowest BCUT2D eigenvalue weighted by Gasteiger charge is -2.25. The Morgan fingerprint density at radius 2 is 1.80 bits per heavy atom. The predicted octanol–water partition coefficient (Wildman–Crippen LogP) is 4.23. The van der Waals surface area contributed by atoms with E-state index in [1.165, 1.54) is 0 Å². The molecule has 0 amide bonds. The van der Waals surface area contributed by atoms with Crippen LogP contribution in [0, 0.1) is 0 Å². The maximum atomic E-state index is 6.37. The molecule has 108 valence electrons. The molecule has 0 spiro atoms. The number of aromatic nitrogens is 2. The highest BCUT2D eigenvalue weighted by Crippen LogP contribution is 2.31. The van der Waals surface area contributed by atoms with Crippen LogP contribution in [-0.4, -0.2) is 9.55 Å². The van der Waals surface area contributed by atoms with E-state index < -0.39 is 0 Å². The third-order valence-electron chi connectivity index (χ3n) is 3.46. The molecule has 0 fully saturated rings. The average molecular weight is 271 g/mol. The number of imidazole rings is 1. The van der Waals surface area contributed by atoms with Gasteiger partial charge in [-0.25, -0.2) is 4.98 Å². The van der Waals surface area contributed by atoms with Gasteiger partial charge in [-0.15, -0.1) is 0 Å². The normalized spacial score (nSPS) is 11.8. The molecule has 2 rings (SSSR count). The Morgan fingerprint density at radius 3 is 2.35 bits per heavy atom. The van der Waals surface area contributed by atoms with Crippen LogP contribution in [-0.2, 0) is 12.0 Å². The number of anilines is 1. The Kier molecular flexibility index (Phi) is 4.17. The van der Waals surface area contributed by atoms with Crippen molar-refractivity contribution >= 4 is 5.82 Å². The van der Waals surface area contributed by atoms with Crippen molar-refractivity contribution in [3.05, 3.63) is 36.0 Å². The fourth-order valence-corrected chi connectivity index (χ4v) is 2.47. The van der Waals surface area contributed by atoms with Crippen LogP contribution >= 0.6 is 0 Å². The van der Waals surface area contributed by atoms with Crippen LogP contribution in [0.5, 0.6) is 0 Å². The van der Waals surface area contributed by atoms with E-state index in [2.05, 4.69) is 44.4 Å². The van der Waals surface area contributed by atoms with Crippen LogP contribution in [0.3, 0.4) is 0 Å². The second kappa shape index (κ2) is 5.70. The molecule has 1 heterocycles. The van der Waals surface area contributed by atoms with E-state index in [0.29, 0.717) is 0 Å². The molecular weight excluding hydrogens is 246 g/mol. The summed E-state index contributed by atoms with van der Waals surface area (Å²) in [5.74, 6) is 1.78. The maximum absolute atomic E-state index is 6.37. The molecule has 0 aliphatic heterocycles. The summed E-state index contributed by atoms with van der Waals surface area (Å²) in [5, 5.41) is 0. The van der Waals surface area contributed by atoms with Crippen LogP contribution in [0.4, 0.5) is 5.82 Å². The fourth-order valence-electron chi connectivity index (χ4n) is 2.47. The summed E-state index contributed by atoms with van der Waals surface area (Å²) in [6.07, 6.45) is 3.23. The Hall–Kier alpha value is -1.77. The first-order valence-corrected chi connectivity index (χ1v) is 7.38. The molecule has 0 radical (unpaired) electrons. The number of hydrogen-bond acceptors (Lipinski definition) is 2. The minimum absolute atomic E-state index is 0.0767. The molecule has 0 atom stereocenters. The number of benzene rings is 1. The first-order valence-electron chi connectivity index (χ1n) is 7.38. The maximum Gasteiger partial charge on any atom is 0.142 e. The minimum Gasteiger partial charge on any atom is -0.384 e. The number of hydrogen-bond donors (Lipinski definition) is 1. The molecule has 0 saturated carbocycles. The van der Waals surface area contributed by atoms with Crippen molar-refractivity contribution < 1.29 is 0 Å². The van der Waals surface area contributed by atoms with Gasteiger partial charge in [0.15, 0.2) is 0 Å². The summed E-state index contributed by atoms with van der Waals surface area (Å²) < 4.78 is 2.16. The van der Waals surface area contributed by atoms with Gasteiger partial charge in [0.1, 0.15) is 11.6 Å². The number of nitrogens with zero attached hydrogens (tertiary/aromatic N) is 2. The molecule has 3 heteroatoms. The summed E-state index contributed by atoms with van der Waals surface area (Å²) in [5.41, 5.74) is 8.44. The van der Waals surface area contributed by atoms with Crippen LogP contribution in [0.2, 0.25) is 0 Å². The summed E-state index contributed by atoms with van der Waals surface area (Å²) in [7, 11) is 0. The second-order valence-electron chi connectivity index (χ2n) is 6.24. The van der Waals surface area contributed by atoms with Crippen molar-refractivity contribution in [2.24, 2.45) is 0 Å². The number of rotatable bonds is 4. The molecule has 0 saturated heterocycles. The highest BCUT2D eigenvalue weighted by atomic mass is 15.2. The largest absolute Gasteiger partial charge is 0.384 e. The van der Waals surface area contributed by atoms with E-state index in [1.807, 2.05) is 18.2 Å². The smallest absolute Gasteiger partial charge is 0.142 e. The van der Waals surface area contributed by atoms with E-state index in [-0.39, 0.29) is 5.54 Å². The van der Waals surface area contributed by atoms with Gasteiger partial charge in [-0.3, -0.25) is 0 Å². The van der Waals surface area contributed by atoms with Crippen LogP contribution < -0.4 is 5.73 Å². The van der Waals surface area contributed by atoms with Gasteiger partial charge in [0, 0.05) is 11.1 Å². The van der Waals surface area contributed by atoms with Gasteiger partial charge in [-0.1, -0.05) is 43.7 Å². The van der Waals surface area contributed by atoms with Gasteiger partial charge in [0.2, 0.25) is 0 Å². The fraction of sp³-hybridized carbons (Fsp3) is 0.471. The topological polar surface area (TPSA) is 43.8 Å². The van der Waals surface area contributed by atoms with Crippen LogP contribution in [0.25, 0.3) is 11.4 Å². The van der Waals surface area contributed by atoms with Crippen molar-refractivity contribution in [1.29, 1.82) is 0 Å². The molecule has 0 unspecified atom stereocenters. The molecule has 2 N–H and O–H groups in total. The SMILES string of the molecule is CCCCc1nc(-c2ccccc2)n(C(C)(C)C)c1N. The van der Waals surface area contributed by atoms with Gasteiger partial charge in [0.25, 0.3) is 0 Å². The Bertz CT molecular complexity index is 562. The third kappa shape index (κ3) is 2.87. The monoisotopic (exact) mass is 271 g/mol. The highest BCUT2D eigenvalue weighted by molar-refractivity contribution is 5.61. The molecule has 20 heavy (non-hydrogen) atoms. The first-order chi connectivity index (χ1) is 9.45. The third-order valence-corrected chi connectivity index (χ3v) is 3.46. The standard InChI is InChI=1S/C17H25N3/c1-5-6-12-14-15(18)20(17(2,3)4)16(19-14)13-10-8-7-9-11-13/h7-11H,5-6,12,18H2,1-4H3. The molecule has 2 aromatic rings. The van der Waals surface area contributed by atoms with Crippen molar-refractivity contribution in [2.45, 2.75) is 52.5 Å². The lowest BCUT2D eigenvalue weighted by Crippen LogP contribution is -2.24. The number of nitrogens with two attached hydrogens (primary N) is 1. The lowest BCUT2D eigenvalue weighted by molar-refractivity contribution is 0.406. The molecule has 1 aromatic carbocycles. The zero-order chi connectivity index (χ0) is 14.8. The van der Waals surface area contributed by atoms with Crippen molar-refractivity contribution in [3.8, 4) is 11.4 Å². The lowest BCUT2D eigenvalue weighted by atomic mass is 10.1. The molecule has 0 aliphatic carbocycles. The van der Waals surface area contributed by atoms with Crippen LogP contribution in [0.15, 0.2) is 30.3 Å². The zero-order valence-corrected chi connectivity index (χ0v) is 13.0. The van der Waals surface area contributed by atoms with Crippen molar-refractivity contribution in [1.82, 2.24) is 9.55 Å². The van der Waals surface area contributed by atoms with E-state index >= 15 is 0 Å². The number of nitrogen functional groups attached to an aromatic ring is 1. The Labute approximate surface area is 121 Å². The van der Waals surface area contributed by atoms with Gasteiger partial charge in [-0.2, -0.15) is 0 Å².